The molecule has 0 aliphatic heterocycles. The summed E-state index contributed by atoms with van der Waals surface area (Å²) in [7, 11) is 1.69. The largest absolute Gasteiger partial charge is 0.290 e. The molecule has 8 heteroatoms. The summed E-state index contributed by atoms with van der Waals surface area (Å²) in [5.74, 6) is -0.349. The van der Waals surface area contributed by atoms with Crippen LogP contribution in [-0.4, -0.2) is 32.1 Å². The number of aromatic nitrogens is 4. The number of amides is 1. The Labute approximate surface area is 140 Å². The van der Waals surface area contributed by atoms with Gasteiger partial charge in [-0.25, -0.2) is 5.43 Å². The van der Waals surface area contributed by atoms with E-state index in [0.717, 1.165) is 16.8 Å². The van der Waals surface area contributed by atoms with Gasteiger partial charge in [0.1, 0.15) is 5.69 Å². The predicted octanol–water partition coefficient (Wildman–Crippen LogP) is 2.34. The zero-order valence-electron chi connectivity index (χ0n) is 12.2. The fourth-order valence-corrected chi connectivity index (χ4v) is 2.64. The Morgan fingerprint density at radius 2 is 2.13 bits per heavy atom. The summed E-state index contributed by atoms with van der Waals surface area (Å²) < 4.78 is 2.09. The molecule has 7 nitrogen and oxygen atoms in total. The second kappa shape index (κ2) is 6.57. The van der Waals surface area contributed by atoms with Crippen molar-refractivity contribution in [3.8, 4) is 11.3 Å². The van der Waals surface area contributed by atoms with Crippen molar-refractivity contribution in [3.63, 3.8) is 0 Å². The second-order valence-corrected chi connectivity index (χ2v) is 5.58. The molecular weight excluding hydrogens is 360 g/mol. The van der Waals surface area contributed by atoms with Crippen LogP contribution < -0.4 is 5.43 Å². The quantitative estimate of drug-likeness (QED) is 0.544. The standard InChI is InChI=1S/C15H13BrN6O/c1-22-14(12(16)9-19-22)15(23)21-18-8-11-7-17-20-13(11)10-5-3-2-4-6-10/h2-9H,1H3,(H,17,20)(H,21,23). The van der Waals surface area contributed by atoms with Gasteiger partial charge in [-0.1, -0.05) is 30.3 Å². The van der Waals surface area contributed by atoms with Crippen LogP contribution in [0.3, 0.4) is 0 Å². The molecule has 116 valence electrons. The number of hydrazone groups is 1. The number of carbonyl (C=O) groups is 1. The molecule has 23 heavy (non-hydrogen) atoms. The van der Waals surface area contributed by atoms with Crippen molar-refractivity contribution in [2.45, 2.75) is 0 Å². The molecule has 1 aromatic carbocycles. The number of halogens is 1. The van der Waals surface area contributed by atoms with Gasteiger partial charge in [0.2, 0.25) is 0 Å². The van der Waals surface area contributed by atoms with Crippen LogP contribution in [0.1, 0.15) is 16.1 Å². The first-order chi connectivity index (χ1) is 11.2. The number of benzene rings is 1. The van der Waals surface area contributed by atoms with Crippen molar-refractivity contribution < 1.29 is 4.79 Å². The lowest BCUT2D eigenvalue weighted by molar-refractivity contribution is 0.0945. The number of hydrogen-bond acceptors (Lipinski definition) is 4. The monoisotopic (exact) mass is 372 g/mol. The third kappa shape index (κ3) is 3.21. The number of aryl methyl sites for hydroxylation is 1. The SMILES string of the molecule is Cn1ncc(Br)c1C(=O)NN=Cc1cn[nH]c1-c1ccccc1. The molecule has 0 unspecified atom stereocenters. The zero-order chi connectivity index (χ0) is 16.2. The Morgan fingerprint density at radius 1 is 1.35 bits per heavy atom. The minimum absolute atomic E-state index is 0.349. The maximum absolute atomic E-state index is 12.1. The molecule has 0 saturated carbocycles. The average Bonchev–Trinajstić information content (AvgIpc) is 3.15. The molecule has 0 bridgehead atoms. The first-order valence-corrected chi connectivity index (χ1v) is 7.56. The normalized spacial score (nSPS) is 11.0. The molecule has 0 atom stereocenters. The van der Waals surface area contributed by atoms with Crippen molar-refractivity contribution in [1.29, 1.82) is 0 Å². The summed E-state index contributed by atoms with van der Waals surface area (Å²) in [6.45, 7) is 0. The highest BCUT2D eigenvalue weighted by Gasteiger charge is 2.14. The van der Waals surface area contributed by atoms with Gasteiger partial charge in [-0.3, -0.25) is 14.6 Å². The van der Waals surface area contributed by atoms with Crippen LogP contribution in [-0.2, 0) is 7.05 Å². The van der Waals surface area contributed by atoms with E-state index >= 15 is 0 Å². The van der Waals surface area contributed by atoms with Crippen LogP contribution in [0.15, 0.2) is 52.3 Å². The Bertz CT molecular complexity index is 832. The van der Waals surface area contributed by atoms with Crippen molar-refractivity contribution in [1.82, 2.24) is 25.4 Å². The third-order valence-electron chi connectivity index (χ3n) is 3.21. The molecule has 0 aliphatic carbocycles. The van der Waals surface area contributed by atoms with Gasteiger partial charge in [-0.15, -0.1) is 0 Å². The minimum Gasteiger partial charge on any atom is -0.277 e. The molecule has 0 radical (unpaired) electrons. The first-order valence-electron chi connectivity index (χ1n) is 6.76. The van der Waals surface area contributed by atoms with Crippen LogP contribution in [0, 0.1) is 0 Å². The van der Waals surface area contributed by atoms with E-state index in [9.17, 15) is 4.79 Å². The van der Waals surface area contributed by atoms with E-state index in [4.69, 9.17) is 0 Å². The molecule has 2 heterocycles. The highest BCUT2D eigenvalue weighted by atomic mass is 79.9. The molecule has 0 spiro atoms. The summed E-state index contributed by atoms with van der Waals surface area (Å²) in [6, 6.07) is 9.77. The first kappa shape index (κ1) is 15.2. The van der Waals surface area contributed by atoms with Crippen molar-refractivity contribution in [2.75, 3.05) is 0 Å². The van der Waals surface area contributed by atoms with Crippen molar-refractivity contribution in [3.05, 3.63) is 58.5 Å². The zero-order valence-corrected chi connectivity index (χ0v) is 13.8. The van der Waals surface area contributed by atoms with E-state index in [1.807, 2.05) is 30.3 Å². The summed E-state index contributed by atoms with van der Waals surface area (Å²) in [5, 5.41) is 14.9. The molecule has 3 aromatic rings. The lowest BCUT2D eigenvalue weighted by Gasteiger charge is -2.01. The summed E-state index contributed by atoms with van der Waals surface area (Å²) in [5.41, 5.74) is 5.49. The van der Waals surface area contributed by atoms with E-state index in [-0.39, 0.29) is 5.91 Å². The molecule has 1 amide bonds. The maximum atomic E-state index is 12.1. The van der Waals surface area contributed by atoms with Crippen LogP contribution in [0.5, 0.6) is 0 Å². The number of nitrogens with zero attached hydrogens (tertiary/aromatic N) is 4. The van der Waals surface area contributed by atoms with Gasteiger partial charge in [0.25, 0.3) is 5.91 Å². The number of hydrogen-bond donors (Lipinski definition) is 2. The van der Waals surface area contributed by atoms with Gasteiger partial charge in [0, 0.05) is 18.2 Å². The maximum Gasteiger partial charge on any atom is 0.290 e. The molecule has 0 saturated heterocycles. The van der Waals surface area contributed by atoms with E-state index in [2.05, 4.69) is 41.8 Å². The lowest BCUT2D eigenvalue weighted by Crippen LogP contribution is -2.21. The van der Waals surface area contributed by atoms with Gasteiger partial charge in [-0.2, -0.15) is 15.3 Å². The Balaban J connectivity index is 1.75. The number of nitrogens with one attached hydrogen (secondary N) is 2. The number of rotatable bonds is 4. The average molecular weight is 373 g/mol. The Hall–Kier alpha value is -2.74. The Kier molecular flexibility index (Phi) is 4.33. The minimum atomic E-state index is -0.349. The fourth-order valence-electron chi connectivity index (χ4n) is 2.11. The smallest absolute Gasteiger partial charge is 0.277 e. The van der Waals surface area contributed by atoms with Crippen LogP contribution in [0.25, 0.3) is 11.3 Å². The van der Waals surface area contributed by atoms with Crippen LogP contribution >= 0.6 is 15.9 Å². The van der Waals surface area contributed by atoms with Gasteiger partial charge < -0.3 is 0 Å². The lowest BCUT2D eigenvalue weighted by atomic mass is 10.1. The van der Waals surface area contributed by atoms with Crippen LogP contribution in [0.2, 0.25) is 0 Å². The number of carbonyl (C=O) groups excluding carboxylic acids is 1. The highest BCUT2D eigenvalue weighted by Crippen LogP contribution is 2.19. The van der Waals surface area contributed by atoms with E-state index < -0.39 is 0 Å². The van der Waals surface area contributed by atoms with E-state index in [1.54, 1.807) is 25.7 Å². The number of aromatic amines is 1. The molecule has 2 N–H and O–H groups in total. The predicted molar refractivity (Wildman–Crippen MR) is 90.0 cm³/mol. The molecule has 2 aromatic heterocycles. The topological polar surface area (TPSA) is 88.0 Å². The van der Waals surface area contributed by atoms with Gasteiger partial charge in [0.15, 0.2) is 0 Å². The van der Waals surface area contributed by atoms with Gasteiger partial charge >= 0.3 is 0 Å². The molecule has 0 fully saturated rings. The number of H-pyrrole nitrogens is 1. The second-order valence-electron chi connectivity index (χ2n) is 4.73. The summed E-state index contributed by atoms with van der Waals surface area (Å²) in [4.78, 5) is 12.1. The van der Waals surface area contributed by atoms with Crippen LogP contribution in [0.4, 0.5) is 0 Å². The fraction of sp³-hybridized carbons (Fsp3) is 0.0667. The van der Waals surface area contributed by atoms with E-state index in [0.29, 0.717) is 10.2 Å². The highest BCUT2D eigenvalue weighted by molar-refractivity contribution is 9.10. The van der Waals surface area contributed by atoms with Crippen molar-refractivity contribution in [2.24, 2.45) is 12.1 Å². The van der Waals surface area contributed by atoms with Gasteiger partial charge in [0.05, 0.1) is 28.8 Å². The molecule has 3 rings (SSSR count). The van der Waals surface area contributed by atoms with E-state index in [1.165, 1.54) is 4.68 Å². The summed E-state index contributed by atoms with van der Waals surface area (Å²) >= 11 is 3.28. The summed E-state index contributed by atoms with van der Waals surface area (Å²) in [6.07, 6.45) is 4.76. The molecular formula is C15H13BrN6O. The van der Waals surface area contributed by atoms with Gasteiger partial charge in [-0.05, 0) is 15.9 Å². The molecule has 0 aliphatic rings. The third-order valence-corrected chi connectivity index (χ3v) is 3.79. The Morgan fingerprint density at radius 3 is 2.83 bits per heavy atom. The van der Waals surface area contributed by atoms with Crippen molar-refractivity contribution >= 4 is 28.1 Å².